The summed E-state index contributed by atoms with van der Waals surface area (Å²) in [6, 6.07) is 13.7. The van der Waals surface area contributed by atoms with Crippen molar-refractivity contribution in [2.75, 3.05) is 19.0 Å². The fourth-order valence-electron chi connectivity index (χ4n) is 2.36. The normalized spacial score (nSPS) is 11.5. The third kappa shape index (κ3) is 5.77. The minimum absolute atomic E-state index is 0.327. The molecule has 0 aliphatic carbocycles. The van der Waals surface area contributed by atoms with Crippen LogP contribution in [0.4, 0.5) is 18.9 Å². The van der Waals surface area contributed by atoms with Gasteiger partial charge in [0.2, 0.25) is 0 Å². The van der Waals surface area contributed by atoms with E-state index in [4.69, 9.17) is 10.00 Å². The summed E-state index contributed by atoms with van der Waals surface area (Å²) in [6.45, 7) is 0.434. The van der Waals surface area contributed by atoms with Gasteiger partial charge in [-0.3, -0.25) is 4.79 Å². The van der Waals surface area contributed by atoms with Crippen LogP contribution >= 0.6 is 0 Å². The lowest BCUT2D eigenvalue weighted by molar-refractivity contribution is -0.137. The topological polar surface area (TPSA) is 74.1 Å². The number of methoxy groups -OCH3 is 1. The van der Waals surface area contributed by atoms with E-state index >= 15 is 0 Å². The highest BCUT2D eigenvalue weighted by molar-refractivity contribution is 6.06. The van der Waals surface area contributed by atoms with Crippen molar-refractivity contribution >= 4 is 11.6 Å². The first kappa shape index (κ1) is 20.8. The zero-order valence-electron chi connectivity index (χ0n) is 15.0. The van der Waals surface area contributed by atoms with Crippen LogP contribution in [0.2, 0.25) is 0 Å². The lowest BCUT2D eigenvalue weighted by Gasteiger charge is -2.13. The fourth-order valence-corrected chi connectivity index (χ4v) is 2.36. The maximum Gasteiger partial charge on any atom is 0.418 e. The van der Waals surface area contributed by atoms with E-state index in [2.05, 4.69) is 10.6 Å². The molecular formula is C20H18F3N3O2. The Balaban J connectivity index is 1.97. The molecule has 28 heavy (non-hydrogen) atoms. The Labute approximate surface area is 160 Å². The van der Waals surface area contributed by atoms with Gasteiger partial charge in [0.1, 0.15) is 17.4 Å². The number of nitrogens with one attached hydrogen (secondary N) is 2. The first-order chi connectivity index (χ1) is 13.3. The highest BCUT2D eigenvalue weighted by atomic mass is 19.4. The molecule has 0 heterocycles. The van der Waals surface area contributed by atoms with Crippen LogP contribution in [-0.2, 0) is 17.4 Å². The number of nitrogens with zero attached hydrogens (tertiary/aromatic N) is 1. The van der Waals surface area contributed by atoms with Gasteiger partial charge in [-0.1, -0.05) is 24.3 Å². The summed E-state index contributed by atoms with van der Waals surface area (Å²) < 4.78 is 44.0. The number of carbonyl (C=O) groups excluding carboxylic acids is 1. The van der Waals surface area contributed by atoms with Crippen molar-refractivity contribution in [3.8, 4) is 11.8 Å². The van der Waals surface area contributed by atoms with E-state index in [0.29, 0.717) is 13.0 Å². The molecule has 0 radical (unpaired) electrons. The number of rotatable bonds is 7. The molecule has 1 amide bonds. The number of para-hydroxylation sites is 1. The van der Waals surface area contributed by atoms with Crippen molar-refractivity contribution in [2.45, 2.75) is 12.6 Å². The largest absolute Gasteiger partial charge is 0.497 e. The summed E-state index contributed by atoms with van der Waals surface area (Å²) in [4.78, 5) is 12.1. The van der Waals surface area contributed by atoms with Crippen molar-refractivity contribution in [3.05, 3.63) is 71.4 Å². The monoisotopic (exact) mass is 389 g/mol. The summed E-state index contributed by atoms with van der Waals surface area (Å²) in [5.74, 6) is -0.185. The zero-order chi connectivity index (χ0) is 20.6. The molecule has 8 heteroatoms. The maximum atomic E-state index is 13.0. The molecule has 2 aromatic carbocycles. The van der Waals surface area contributed by atoms with Gasteiger partial charge in [-0.15, -0.1) is 0 Å². The number of benzene rings is 2. The van der Waals surface area contributed by atoms with Gasteiger partial charge in [-0.2, -0.15) is 18.4 Å². The van der Waals surface area contributed by atoms with E-state index in [1.54, 1.807) is 13.2 Å². The number of carbonyl (C=O) groups is 1. The number of halogens is 3. The Hall–Kier alpha value is -3.47. The fraction of sp³-hybridized carbons (Fsp3) is 0.200. The summed E-state index contributed by atoms with van der Waals surface area (Å²) >= 11 is 0. The second-order valence-electron chi connectivity index (χ2n) is 5.72. The Morgan fingerprint density at radius 2 is 1.86 bits per heavy atom. The molecular weight excluding hydrogens is 371 g/mol. The second kappa shape index (κ2) is 9.46. The lowest BCUT2D eigenvalue weighted by Crippen LogP contribution is -2.20. The molecule has 0 fully saturated rings. The van der Waals surface area contributed by atoms with Crippen molar-refractivity contribution in [1.82, 2.24) is 5.32 Å². The summed E-state index contributed by atoms with van der Waals surface area (Å²) in [7, 11) is 1.57. The van der Waals surface area contributed by atoms with Crippen LogP contribution in [0.15, 0.2) is 60.3 Å². The summed E-state index contributed by atoms with van der Waals surface area (Å²) in [5, 5.41) is 14.1. The Morgan fingerprint density at radius 1 is 1.18 bits per heavy atom. The average Bonchev–Trinajstić information content (AvgIpc) is 2.68. The van der Waals surface area contributed by atoms with Gasteiger partial charge < -0.3 is 15.4 Å². The smallest absolute Gasteiger partial charge is 0.418 e. The van der Waals surface area contributed by atoms with Crippen LogP contribution in [0, 0.1) is 11.3 Å². The zero-order valence-corrected chi connectivity index (χ0v) is 15.0. The maximum absolute atomic E-state index is 13.0. The molecule has 0 saturated carbocycles. The lowest BCUT2D eigenvalue weighted by atomic mass is 10.1. The summed E-state index contributed by atoms with van der Waals surface area (Å²) in [6.07, 6.45) is -2.80. The molecule has 0 saturated heterocycles. The number of hydrogen-bond acceptors (Lipinski definition) is 4. The first-order valence-corrected chi connectivity index (χ1v) is 8.29. The Bertz CT molecular complexity index is 885. The Kier molecular flexibility index (Phi) is 7.04. The molecule has 0 spiro atoms. The SMILES string of the molecule is COc1ccc(CCN/C=C(/C#N)C(=O)Nc2ccccc2C(F)(F)F)cc1. The Morgan fingerprint density at radius 3 is 2.46 bits per heavy atom. The van der Waals surface area contributed by atoms with E-state index in [9.17, 15) is 18.0 Å². The van der Waals surface area contributed by atoms with Crippen molar-refractivity contribution in [1.29, 1.82) is 5.26 Å². The third-order valence-corrected chi connectivity index (χ3v) is 3.81. The van der Waals surface area contributed by atoms with Crippen molar-refractivity contribution in [2.24, 2.45) is 0 Å². The van der Waals surface area contributed by atoms with E-state index in [0.717, 1.165) is 23.4 Å². The molecule has 0 aromatic heterocycles. The van der Waals surface area contributed by atoms with Gasteiger partial charge in [-0.05, 0) is 36.2 Å². The number of hydrogen-bond donors (Lipinski definition) is 2. The minimum atomic E-state index is -4.61. The highest BCUT2D eigenvalue weighted by Crippen LogP contribution is 2.34. The molecule has 2 N–H and O–H groups in total. The van der Waals surface area contributed by atoms with Crippen LogP contribution in [0.5, 0.6) is 5.75 Å². The minimum Gasteiger partial charge on any atom is -0.497 e. The van der Waals surface area contributed by atoms with Gasteiger partial charge in [0.15, 0.2) is 0 Å². The number of alkyl halides is 3. The number of anilines is 1. The second-order valence-corrected chi connectivity index (χ2v) is 5.72. The van der Waals surface area contributed by atoms with E-state index in [1.165, 1.54) is 18.3 Å². The van der Waals surface area contributed by atoms with Crippen LogP contribution < -0.4 is 15.4 Å². The number of ether oxygens (including phenoxy) is 1. The van der Waals surface area contributed by atoms with Crippen LogP contribution in [0.3, 0.4) is 0 Å². The van der Waals surface area contributed by atoms with Crippen LogP contribution in [0.1, 0.15) is 11.1 Å². The van der Waals surface area contributed by atoms with Crippen LogP contribution in [-0.4, -0.2) is 19.6 Å². The van der Waals surface area contributed by atoms with Gasteiger partial charge in [-0.25, -0.2) is 0 Å². The van der Waals surface area contributed by atoms with E-state index in [1.807, 2.05) is 24.3 Å². The molecule has 0 aliphatic heterocycles. The van der Waals surface area contributed by atoms with Crippen LogP contribution in [0.25, 0.3) is 0 Å². The molecule has 2 rings (SSSR count). The molecule has 0 bridgehead atoms. The quantitative estimate of drug-likeness (QED) is 0.428. The molecule has 0 aliphatic rings. The van der Waals surface area contributed by atoms with Gasteiger partial charge in [0.25, 0.3) is 5.91 Å². The van der Waals surface area contributed by atoms with Crippen molar-refractivity contribution in [3.63, 3.8) is 0 Å². The van der Waals surface area contributed by atoms with Gasteiger partial charge in [0, 0.05) is 12.7 Å². The highest BCUT2D eigenvalue weighted by Gasteiger charge is 2.33. The standard InChI is InChI=1S/C20H18F3N3O2/c1-28-16-8-6-14(7-9-16)10-11-25-13-15(12-24)19(27)26-18-5-3-2-4-17(18)20(21,22)23/h2-9,13,25H,10-11H2,1H3,(H,26,27)/b15-13-. The third-order valence-electron chi connectivity index (χ3n) is 3.81. The van der Waals surface area contributed by atoms with E-state index in [-0.39, 0.29) is 5.57 Å². The number of nitriles is 1. The molecule has 5 nitrogen and oxygen atoms in total. The molecule has 0 unspecified atom stereocenters. The van der Waals surface area contributed by atoms with Gasteiger partial charge in [0.05, 0.1) is 18.4 Å². The predicted octanol–water partition coefficient (Wildman–Crippen LogP) is 3.89. The van der Waals surface area contributed by atoms with Crippen molar-refractivity contribution < 1.29 is 22.7 Å². The average molecular weight is 389 g/mol. The molecule has 2 aromatic rings. The molecule has 146 valence electrons. The molecule has 0 atom stereocenters. The summed E-state index contributed by atoms with van der Waals surface area (Å²) in [5.41, 5.74) is -0.692. The first-order valence-electron chi connectivity index (χ1n) is 8.29. The number of amides is 1. The predicted molar refractivity (Wildman–Crippen MR) is 98.5 cm³/mol. The van der Waals surface area contributed by atoms with Gasteiger partial charge >= 0.3 is 6.18 Å². The van der Waals surface area contributed by atoms with E-state index < -0.39 is 23.3 Å².